The van der Waals surface area contributed by atoms with Crippen molar-refractivity contribution in [1.29, 1.82) is 0 Å². The third-order valence-electron chi connectivity index (χ3n) is 4.66. The number of hydrogen-bond donors (Lipinski definition) is 1. The highest BCUT2D eigenvalue weighted by molar-refractivity contribution is 5.28. The first-order chi connectivity index (χ1) is 10.2. The minimum Gasteiger partial charge on any atom is -0.330 e. The average molecular weight is 288 g/mol. The smallest absolute Gasteiger partial charge is 0.0236 e. The molecule has 0 saturated heterocycles. The molecule has 21 heavy (non-hydrogen) atoms. The van der Waals surface area contributed by atoms with Crippen LogP contribution in [0.4, 0.5) is 0 Å². The van der Waals surface area contributed by atoms with E-state index < -0.39 is 0 Å². The van der Waals surface area contributed by atoms with E-state index in [0.29, 0.717) is 0 Å². The summed E-state index contributed by atoms with van der Waals surface area (Å²) in [4.78, 5) is 2.70. The Kier molecular flexibility index (Phi) is 6.72. The molecular formula is C19H32N2. The molecule has 2 rings (SSSR count). The van der Waals surface area contributed by atoms with Crippen LogP contribution in [0.15, 0.2) is 18.2 Å². The van der Waals surface area contributed by atoms with Crippen molar-refractivity contribution in [2.75, 3.05) is 13.1 Å². The van der Waals surface area contributed by atoms with Crippen molar-refractivity contribution in [3.05, 3.63) is 34.9 Å². The predicted molar refractivity (Wildman–Crippen MR) is 91.5 cm³/mol. The Morgan fingerprint density at radius 2 is 1.62 bits per heavy atom. The van der Waals surface area contributed by atoms with E-state index in [2.05, 4.69) is 36.9 Å². The second-order valence-corrected chi connectivity index (χ2v) is 6.75. The minimum atomic E-state index is 0.764. The van der Waals surface area contributed by atoms with Crippen LogP contribution in [0.5, 0.6) is 0 Å². The minimum absolute atomic E-state index is 0.764. The second-order valence-electron chi connectivity index (χ2n) is 6.75. The summed E-state index contributed by atoms with van der Waals surface area (Å²) in [6.07, 6.45) is 9.49. The average Bonchev–Trinajstić information content (AvgIpc) is 2.71. The van der Waals surface area contributed by atoms with Crippen LogP contribution < -0.4 is 5.73 Å². The van der Waals surface area contributed by atoms with Crippen LogP contribution in [-0.4, -0.2) is 24.0 Å². The van der Waals surface area contributed by atoms with Gasteiger partial charge in [-0.2, -0.15) is 0 Å². The predicted octanol–water partition coefficient (Wildman–Crippen LogP) is 4.18. The Hall–Kier alpha value is -0.860. The van der Waals surface area contributed by atoms with Gasteiger partial charge in [-0.3, -0.25) is 4.90 Å². The van der Waals surface area contributed by atoms with Crippen LogP contribution in [0.2, 0.25) is 0 Å². The highest BCUT2D eigenvalue weighted by atomic mass is 15.1. The Labute approximate surface area is 130 Å². The summed E-state index contributed by atoms with van der Waals surface area (Å²) in [7, 11) is 0. The van der Waals surface area contributed by atoms with Crippen molar-refractivity contribution in [3.8, 4) is 0 Å². The number of nitrogens with zero attached hydrogens (tertiary/aromatic N) is 1. The van der Waals surface area contributed by atoms with Gasteiger partial charge in [0.25, 0.3) is 0 Å². The van der Waals surface area contributed by atoms with Crippen LogP contribution in [-0.2, 0) is 6.54 Å². The molecule has 1 aliphatic rings. The lowest BCUT2D eigenvalue weighted by atomic mass is 10.0. The summed E-state index contributed by atoms with van der Waals surface area (Å²) in [6, 6.07) is 7.72. The van der Waals surface area contributed by atoms with Gasteiger partial charge in [0, 0.05) is 12.6 Å². The normalized spacial score (nSPS) is 17.1. The highest BCUT2D eigenvalue weighted by Gasteiger charge is 2.20. The van der Waals surface area contributed by atoms with Gasteiger partial charge in [-0.1, -0.05) is 55.0 Å². The van der Waals surface area contributed by atoms with Crippen molar-refractivity contribution in [3.63, 3.8) is 0 Å². The van der Waals surface area contributed by atoms with Crippen LogP contribution in [0.1, 0.15) is 61.6 Å². The van der Waals surface area contributed by atoms with Gasteiger partial charge < -0.3 is 5.73 Å². The Bertz CT molecular complexity index is 399. The van der Waals surface area contributed by atoms with Gasteiger partial charge in [-0.05, 0) is 51.8 Å². The summed E-state index contributed by atoms with van der Waals surface area (Å²) >= 11 is 0. The van der Waals surface area contributed by atoms with E-state index in [4.69, 9.17) is 5.73 Å². The lowest BCUT2D eigenvalue weighted by Gasteiger charge is -2.31. The molecule has 0 radical (unpaired) electrons. The fraction of sp³-hybridized carbons (Fsp3) is 0.684. The van der Waals surface area contributed by atoms with E-state index in [1.54, 1.807) is 0 Å². The van der Waals surface area contributed by atoms with Crippen LogP contribution in [0.25, 0.3) is 0 Å². The third kappa shape index (κ3) is 5.44. The highest BCUT2D eigenvalue weighted by Crippen LogP contribution is 2.24. The van der Waals surface area contributed by atoms with Crippen LogP contribution in [0, 0.1) is 13.8 Å². The van der Waals surface area contributed by atoms with Crippen molar-refractivity contribution >= 4 is 0 Å². The molecule has 1 aromatic carbocycles. The topological polar surface area (TPSA) is 29.3 Å². The second kappa shape index (κ2) is 8.55. The largest absolute Gasteiger partial charge is 0.330 e. The van der Waals surface area contributed by atoms with E-state index in [1.165, 1.54) is 55.2 Å². The summed E-state index contributed by atoms with van der Waals surface area (Å²) in [6.45, 7) is 7.44. The SMILES string of the molecule is Cc1cc(C)cc(CN(CCCN)C2CCCCCC2)c1. The molecule has 1 aliphatic carbocycles. The molecule has 0 heterocycles. The first-order valence-corrected chi connectivity index (χ1v) is 8.70. The number of benzene rings is 1. The van der Waals surface area contributed by atoms with Gasteiger partial charge in [-0.15, -0.1) is 0 Å². The molecule has 0 aliphatic heterocycles. The zero-order chi connectivity index (χ0) is 15.1. The Morgan fingerprint density at radius 3 is 2.19 bits per heavy atom. The van der Waals surface area contributed by atoms with Crippen LogP contribution in [0.3, 0.4) is 0 Å². The maximum absolute atomic E-state index is 5.75. The molecule has 0 aromatic heterocycles. The summed E-state index contributed by atoms with van der Waals surface area (Å²) < 4.78 is 0. The molecule has 118 valence electrons. The van der Waals surface area contributed by atoms with E-state index in [9.17, 15) is 0 Å². The molecule has 2 nitrogen and oxygen atoms in total. The number of hydrogen-bond acceptors (Lipinski definition) is 2. The van der Waals surface area contributed by atoms with Gasteiger partial charge in [0.05, 0.1) is 0 Å². The summed E-state index contributed by atoms with van der Waals surface area (Å²) in [5.41, 5.74) is 9.98. The van der Waals surface area contributed by atoms with Crippen molar-refractivity contribution in [1.82, 2.24) is 4.90 Å². The maximum atomic E-state index is 5.75. The van der Waals surface area contributed by atoms with Crippen molar-refractivity contribution in [2.45, 2.75) is 71.4 Å². The molecule has 1 fully saturated rings. The molecule has 1 saturated carbocycles. The van der Waals surface area contributed by atoms with E-state index >= 15 is 0 Å². The Morgan fingerprint density at radius 1 is 1.00 bits per heavy atom. The fourth-order valence-electron chi connectivity index (χ4n) is 3.70. The number of rotatable bonds is 6. The van der Waals surface area contributed by atoms with Gasteiger partial charge in [0.1, 0.15) is 0 Å². The molecule has 0 atom stereocenters. The Balaban J connectivity index is 2.06. The maximum Gasteiger partial charge on any atom is 0.0236 e. The van der Waals surface area contributed by atoms with Crippen molar-refractivity contribution in [2.24, 2.45) is 5.73 Å². The molecule has 0 bridgehead atoms. The molecule has 1 aromatic rings. The molecule has 0 spiro atoms. The molecule has 2 N–H and O–H groups in total. The molecule has 0 amide bonds. The van der Waals surface area contributed by atoms with Gasteiger partial charge in [-0.25, -0.2) is 0 Å². The summed E-state index contributed by atoms with van der Waals surface area (Å²) in [5.74, 6) is 0. The molecule has 2 heteroatoms. The first kappa shape index (κ1) is 16.5. The number of aryl methyl sites for hydroxylation is 2. The molecule has 0 unspecified atom stereocenters. The number of nitrogens with two attached hydrogens (primary N) is 1. The fourth-order valence-corrected chi connectivity index (χ4v) is 3.70. The lowest BCUT2D eigenvalue weighted by molar-refractivity contribution is 0.169. The first-order valence-electron chi connectivity index (χ1n) is 8.70. The quantitative estimate of drug-likeness (QED) is 0.796. The van der Waals surface area contributed by atoms with E-state index in [0.717, 1.165) is 32.1 Å². The molecular weight excluding hydrogens is 256 g/mol. The van der Waals surface area contributed by atoms with E-state index in [-0.39, 0.29) is 0 Å². The van der Waals surface area contributed by atoms with Crippen molar-refractivity contribution < 1.29 is 0 Å². The zero-order valence-corrected chi connectivity index (χ0v) is 13.9. The summed E-state index contributed by atoms with van der Waals surface area (Å²) in [5, 5.41) is 0. The van der Waals surface area contributed by atoms with Gasteiger partial charge in [0.2, 0.25) is 0 Å². The monoisotopic (exact) mass is 288 g/mol. The third-order valence-corrected chi connectivity index (χ3v) is 4.66. The van der Waals surface area contributed by atoms with Gasteiger partial charge >= 0.3 is 0 Å². The van der Waals surface area contributed by atoms with E-state index in [1.807, 2.05) is 0 Å². The lowest BCUT2D eigenvalue weighted by Crippen LogP contribution is -2.36. The van der Waals surface area contributed by atoms with Crippen LogP contribution >= 0.6 is 0 Å². The standard InChI is InChI=1S/C19H32N2/c1-16-12-17(2)14-18(13-16)15-21(11-7-10-20)19-8-5-3-4-6-9-19/h12-14,19H,3-11,15,20H2,1-2H3. The zero-order valence-electron chi connectivity index (χ0n) is 13.9. The van der Waals surface area contributed by atoms with Gasteiger partial charge in [0.15, 0.2) is 0 Å².